The maximum absolute atomic E-state index is 11.2. The minimum Gasteiger partial charge on any atom is -0.469 e. The lowest BCUT2D eigenvalue weighted by Gasteiger charge is -2.26. The van der Waals surface area contributed by atoms with Crippen LogP contribution in [-0.4, -0.2) is 30.1 Å². The summed E-state index contributed by atoms with van der Waals surface area (Å²) in [6, 6.07) is 0. The molecule has 1 atom stereocenters. The average molecular weight is 209 g/mol. The van der Waals surface area contributed by atoms with Crippen molar-refractivity contribution in [1.29, 1.82) is 0 Å². The summed E-state index contributed by atoms with van der Waals surface area (Å²) in [7, 11) is 3.15. The molecule has 0 fully saturated rings. The number of esters is 1. The van der Waals surface area contributed by atoms with Crippen molar-refractivity contribution in [3.63, 3.8) is 0 Å². The molecule has 5 nitrogen and oxygen atoms in total. The number of nitrogens with one attached hydrogen (secondary N) is 1. The summed E-state index contributed by atoms with van der Waals surface area (Å²) in [4.78, 5) is 19.4. The lowest BCUT2D eigenvalue weighted by molar-refractivity contribution is -0.142. The van der Waals surface area contributed by atoms with Crippen molar-refractivity contribution >= 4 is 5.97 Å². The van der Waals surface area contributed by atoms with Crippen LogP contribution in [0.3, 0.4) is 0 Å². The zero-order valence-electron chi connectivity index (χ0n) is 9.15. The standard InChI is InChI=1S/C10H15N3O2/c1-10(11-2,6-9(14)15-3)8-7-12-4-5-13-8/h4-5,7,11H,6H2,1-3H3. The zero-order chi connectivity index (χ0) is 11.3. The molecule has 82 valence electrons. The van der Waals surface area contributed by atoms with Crippen LogP contribution < -0.4 is 5.32 Å². The van der Waals surface area contributed by atoms with Crippen molar-refractivity contribution in [2.24, 2.45) is 0 Å². The highest BCUT2D eigenvalue weighted by Gasteiger charge is 2.29. The molecule has 0 saturated carbocycles. The first-order valence-electron chi connectivity index (χ1n) is 4.64. The number of carbonyl (C=O) groups excluding carboxylic acids is 1. The number of aromatic nitrogens is 2. The van der Waals surface area contributed by atoms with E-state index in [1.807, 2.05) is 6.92 Å². The van der Waals surface area contributed by atoms with Crippen LogP contribution in [0.25, 0.3) is 0 Å². The monoisotopic (exact) mass is 209 g/mol. The average Bonchev–Trinajstić information content (AvgIpc) is 2.30. The Morgan fingerprint density at radius 2 is 2.33 bits per heavy atom. The first kappa shape index (κ1) is 11.6. The Morgan fingerprint density at radius 1 is 1.60 bits per heavy atom. The number of ether oxygens (including phenoxy) is 1. The lowest BCUT2D eigenvalue weighted by atomic mass is 9.94. The largest absolute Gasteiger partial charge is 0.469 e. The second kappa shape index (κ2) is 4.84. The second-order valence-corrected chi connectivity index (χ2v) is 3.43. The Kier molecular flexibility index (Phi) is 3.74. The third-order valence-corrected chi connectivity index (χ3v) is 2.41. The molecular formula is C10H15N3O2. The number of nitrogens with zero attached hydrogens (tertiary/aromatic N) is 2. The SMILES string of the molecule is CNC(C)(CC(=O)OC)c1cnccn1. The number of methoxy groups -OCH3 is 1. The fraction of sp³-hybridized carbons (Fsp3) is 0.500. The minimum absolute atomic E-state index is 0.221. The Morgan fingerprint density at radius 3 is 2.80 bits per heavy atom. The molecular weight excluding hydrogens is 194 g/mol. The summed E-state index contributed by atoms with van der Waals surface area (Å²) in [6.45, 7) is 1.88. The predicted octanol–water partition coefficient (Wildman–Crippen LogP) is 0.474. The van der Waals surface area contributed by atoms with Crippen molar-refractivity contribution in [2.75, 3.05) is 14.2 Å². The molecule has 0 radical (unpaired) electrons. The highest BCUT2D eigenvalue weighted by atomic mass is 16.5. The van der Waals surface area contributed by atoms with Gasteiger partial charge in [0, 0.05) is 12.4 Å². The second-order valence-electron chi connectivity index (χ2n) is 3.43. The molecule has 5 heteroatoms. The predicted molar refractivity (Wildman–Crippen MR) is 55.1 cm³/mol. The highest BCUT2D eigenvalue weighted by Crippen LogP contribution is 2.21. The highest BCUT2D eigenvalue weighted by molar-refractivity contribution is 5.70. The van der Waals surface area contributed by atoms with Gasteiger partial charge in [-0.1, -0.05) is 0 Å². The van der Waals surface area contributed by atoms with Gasteiger partial charge in [0.15, 0.2) is 0 Å². The van der Waals surface area contributed by atoms with Gasteiger partial charge in [-0.05, 0) is 14.0 Å². The van der Waals surface area contributed by atoms with Gasteiger partial charge in [-0.2, -0.15) is 0 Å². The maximum atomic E-state index is 11.2. The van der Waals surface area contributed by atoms with Crippen molar-refractivity contribution < 1.29 is 9.53 Å². The topological polar surface area (TPSA) is 64.1 Å². The fourth-order valence-corrected chi connectivity index (χ4v) is 1.25. The van der Waals surface area contributed by atoms with Gasteiger partial charge < -0.3 is 10.1 Å². The molecule has 0 aliphatic rings. The van der Waals surface area contributed by atoms with E-state index in [1.165, 1.54) is 7.11 Å². The first-order valence-corrected chi connectivity index (χ1v) is 4.64. The molecule has 1 aromatic rings. The number of carbonyl (C=O) groups is 1. The van der Waals surface area contributed by atoms with Gasteiger partial charge in [0.25, 0.3) is 0 Å². The van der Waals surface area contributed by atoms with Crippen LogP contribution in [0.2, 0.25) is 0 Å². The number of hydrogen-bond donors (Lipinski definition) is 1. The van der Waals surface area contributed by atoms with Gasteiger partial charge in [0.05, 0.1) is 31.0 Å². The summed E-state index contributed by atoms with van der Waals surface area (Å²) >= 11 is 0. The molecule has 1 N–H and O–H groups in total. The molecule has 0 spiro atoms. The van der Waals surface area contributed by atoms with Gasteiger partial charge in [-0.3, -0.25) is 14.8 Å². The number of hydrogen-bond acceptors (Lipinski definition) is 5. The third kappa shape index (κ3) is 2.73. The van der Waals surface area contributed by atoms with Gasteiger partial charge in [-0.15, -0.1) is 0 Å². The van der Waals surface area contributed by atoms with Crippen molar-refractivity contribution in [1.82, 2.24) is 15.3 Å². The molecule has 1 rings (SSSR count). The van der Waals surface area contributed by atoms with E-state index in [0.717, 1.165) is 5.69 Å². The molecule has 0 aliphatic carbocycles. The van der Waals surface area contributed by atoms with Crippen LogP contribution in [0.15, 0.2) is 18.6 Å². The van der Waals surface area contributed by atoms with E-state index in [2.05, 4.69) is 20.0 Å². The molecule has 0 aromatic carbocycles. The fourth-order valence-electron chi connectivity index (χ4n) is 1.25. The van der Waals surface area contributed by atoms with Gasteiger partial charge in [0.1, 0.15) is 0 Å². The Hall–Kier alpha value is -1.49. The van der Waals surface area contributed by atoms with Crippen molar-refractivity contribution in [2.45, 2.75) is 18.9 Å². The summed E-state index contributed by atoms with van der Waals surface area (Å²) in [5.41, 5.74) is 0.180. The van der Waals surface area contributed by atoms with E-state index in [1.54, 1.807) is 25.6 Å². The summed E-state index contributed by atoms with van der Waals surface area (Å²) < 4.78 is 4.64. The molecule has 1 unspecified atom stereocenters. The van der Waals surface area contributed by atoms with Crippen LogP contribution in [0.4, 0.5) is 0 Å². The number of rotatable bonds is 4. The summed E-state index contributed by atoms with van der Waals surface area (Å²) in [5.74, 6) is -0.280. The molecule has 1 aromatic heterocycles. The Labute approximate surface area is 88.9 Å². The van der Waals surface area contributed by atoms with E-state index in [-0.39, 0.29) is 12.4 Å². The third-order valence-electron chi connectivity index (χ3n) is 2.41. The molecule has 1 heterocycles. The van der Waals surface area contributed by atoms with E-state index in [9.17, 15) is 4.79 Å². The molecule has 0 bridgehead atoms. The van der Waals surface area contributed by atoms with Crippen molar-refractivity contribution in [3.8, 4) is 0 Å². The first-order chi connectivity index (χ1) is 7.12. The smallest absolute Gasteiger partial charge is 0.307 e. The van der Waals surface area contributed by atoms with Gasteiger partial charge in [0.2, 0.25) is 0 Å². The van der Waals surface area contributed by atoms with E-state index in [0.29, 0.717) is 0 Å². The zero-order valence-corrected chi connectivity index (χ0v) is 9.15. The van der Waals surface area contributed by atoms with Crippen LogP contribution in [0.5, 0.6) is 0 Å². The molecule has 15 heavy (non-hydrogen) atoms. The molecule has 0 amide bonds. The van der Waals surface area contributed by atoms with Crippen LogP contribution in [0.1, 0.15) is 19.0 Å². The van der Waals surface area contributed by atoms with Crippen LogP contribution in [0, 0.1) is 0 Å². The Bertz CT molecular complexity index is 329. The van der Waals surface area contributed by atoms with Crippen LogP contribution >= 0.6 is 0 Å². The maximum Gasteiger partial charge on any atom is 0.307 e. The minimum atomic E-state index is -0.540. The summed E-state index contributed by atoms with van der Waals surface area (Å²) in [5, 5.41) is 3.06. The normalized spacial score (nSPS) is 14.3. The summed E-state index contributed by atoms with van der Waals surface area (Å²) in [6.07, 6.45) is 5.05. The lowest BCUT2D eigenvalue weighted by Crippen LogP contribution is -2.40. The van der Waals surface area contributed by atoms with Crippen LogP contribution in [-0.2, 0) is 15.1 Å². The van der Waals surface area contributed by atoms with E-state index >= 15 is 0 Å². The van der Waals surface area contributed by atoms with Gasteiger partial charge in [-0.25, -0.2) is 0 Å². The Balaban J connectivity index is 2.90. The quantitative estimate of drug-likeness (QED) is 0.730. The van der Waals surface area contributed by atoms with E-state index < -0.39 is 5.54 Å². The molecule has 0 saturated heterocycles. The molecule has 0 aliphatic heterocycles. The van der Waals surface area contributed by atoms with E-state index in [4.69, 9.17) is 0 Å². The van der Waals surface area contributed by atoms with Gasteiger partial charge >= 0.3 is 5.97 Å². The van der Waals surface area contributed by atoms with Crippen molar-refractivity contribution in [3.05, 3.63) is 24.3 Å².